The van der Waals surface area contributed by atoms with Gasteiger partial charge in [0.2, 0.25) is 0 Å². The maximum Gasteiger partial charge on any atom is 0.305 e. The Kier molecular flexibility index (Phi) is 21.2. The first-order valence-electron chi connectivity index (χ1n) is 21.5. The minimum absolute atomic E-state index is 0.0836. The fraction of sp³-hybridized carbons (Fsp3) is 0.553. The lowest BCUT2D eigenvalue weighted by Gasteiger charge is -2.49. The number of esters is 3. The summed E-state index contributed by atoms with van der Waals surface area (Å²) in [6.45, 7) is 2.72. The summed E-state index contributed by atoms with van der Waals surface area (Å²) in [7, 11) is 1.37. The van der Waals surface area contributed by atoms with E-state index in [9.17, 15) is 24.6 Å². The van der Waals surface area contributed by atoms with E-state index in [1.165, 1.54) is 21.0 Å². The molecule has 2 fully saturated rings. The van der Waals surface area contributed by atoms with E-state index in [2.05, 4.69) is 0 Å². The first-order chi connectivity index (χ1) is 30.5. The van der Waals surface area contributed by atoms with E-state index in [-0.39, 0.29) is 39.0 Å². The van der Waals surface area contributed by atoms with E-state index in [0.717, 1.165) is 48.8 Å². The van der Waals surface area contributed by atoms with E-state index < -0.39 is 78.9 Å². The molecule has 63 heavy (non-hydrogen) atoms. The summed E-state index contributed by atoms with van der Waals surface area (Å²) in [6, 6.07) is 28.5. The maximum absolute atomic E-state index is 12.6. The smallest absolute Gasteiger partial charge is 0.305 e. The second-order valence-corrected chi connectivity index (χ2v) is 15.9. The summed E-state index contributed by atoms with van der Waals surface area (Å²) in [5.41, 5.74) is 0.854. The minimum atomic E-state index is -1.71. The third-order valence-corrected chi connectivity index (χ3v) is 10.9. The van der Waals surface area contributed by atoms with Gasteiger partial charge in [0.15, 0.2) is 30.4 Å². The fourth-order valence-corrected chi connectivity index (χ4v) is 7.61. The molecule has 16 heteroatoms. The highest BCUT2D eigenvalue weighted by Crippen LogP contribution is 2.36. The van der Waals surface area contributed by atoms with Gasteiger partial charge in [-0.25, -0.2) is 0 Å². The molecule has 0 amide bonds. The van der Waals surface area contributed by atoms with Gasteiger partial charge in [0, 0.05) is 26.9 Å². The molecule has 0 radical (unpaired) electrons. The lowest BCUT2D eigenvalue weighted by molar-refractivity contribution is -0.378. The van der Waals surface area contributed by atoms with E-state index in [4.69, 9.17) is 59.0 Å². The van der Waals surface area contributed by atoms with Gasteiger partial charge in [-0.15, -0.1) is 0 Å². The summed E-state index contributed by atoms with van der Waals surface area (Å²) in [4.78, 5) is 36.4. The first-order valence-corrected chi connectivity index (χ1v) is 21.9. The maximum atomic E-state index is 12.6. The Morgan fingerprint density at radius 1 is 0.635 bits per heavy atom. The number of hydrogen-bond donors (Lipinski definition) is 2. The van der Waals surface area contributed by atoms with Crippen molar-refractivity contribution in [1.29, 1.82) is 0 Å². The normalized spacial score (nSPS) is 26.4. The van der Waals surface area contributed by atoms with Crippen LogP contribution in [0, 0.1) is 0 Å². The minimum Gasteiger partial charge on any atom is -0.469 e. The van der Waals surface area contributed by atoms with Crippen LogP contribution in [0.1, 0.15) is 75.5 Å². The third kappa shape index (κ3) is 16.2. The second kappa shape index (κ2) is 26.7. The standard InChI is InChI=1S/C47H61ClO15/c1-31(49)56-30-36-39(57-27-33-19-11-8-12-20-33)42(58-28-34-21-13-9-14-22-34)43(59-29-35-23-15-10-16-24-35)47(61-36)63-44-40(60-32(2)50)38(52)41(45(48)53)62-46(44)55-26-18-7-5-4-6-17-25-37(51)54-3/h8-16,19-24,36,38-47,52-53H,4-7,17-18,25-30H2,1-3H3/t36-,38+,39-,40+,41+,42+,43-,44-,45?,46+,47-/m1/s1. The molecule has 2 N–H and O–H groups in total. The lowest BCUT2D eigenvalue weighted by Crippen LogP contribution is -2.66. The number of halogens is 1. The number of methoxy groups -OCH3 is 1. The number of aliphatic hydroxyl groups excluding tert-OH is 2. The third-order valence-electron chi connectivity index (χ3n) is 10.6. The Hall–Kier alpha value is -4.00. The molecule has 0 bridgehead atoms. The van der Waals surface area contributed by atoms with Crippen molar-refractivity contribution >= 4 is 29.5 Å². The highest BCUT2D eigenvalue weighted by Gasteiger charge is 2.55. The quantitative estimate of drug-likeness (QED) is 0.0443. The predicted molar refractivity (Wildman–Crippen MR) is 228 cm³/mol. The highest BCUT2D eigenvalue weighted by atomic mass is 35.5. The van der Waals surface area contributed by atoms with Crippen LogP contribution in [0.5, 0.6) is 0 Å². The molecule has 1 unspecified atom stereocenters. The van der Waals surface area contributed by atoms with Crippen molar-refractivity contribution in [3.8, 4) is 0 Å². The molecule has 5 rings (SSSR count). The molecule has 0 spiro atoms. The molecule has 2 aliphatic heterocycles. The lowest BCUT2D eigenvalue weighted by atomic mass is 9.96. The van der Waals surface area contributed by atoms with Crippen LogP contribution in [0.15, 0.2) is 91.0 Å². The van der Waals surface area contributed by atoms with E-state index in [0.29, 0.717) is 12.8 Å². The Morgan fingerprint density at radius 2 is 1.16 bits per heavy atom. The first kappa shape index (κ1) is 50.0. The van der Waals surface area contributed by atoms with Gasteiger partial charge in [-0.1, -0.05) is 128 Å². The molecule has 2 aliphatic rings. The van der Waals surface area contributed by atoms with Gasteiger partial charge in [-0.05, 0) is 29.5 Å². The van der Waals surface area contributed by atoms with Crippen LogP contribution in [-0.4, -0.2) is 115 Å². The van der Waals surface area contributed by atoms with E-state index in [1.54, 1.807) is 0 Å². The molecule has 15 nitrogen and oxygen atoms in total. The summed E-state index contributed by atoms with van der Waals surface area (Å²) in [5, 5.41) is 22.0. The van der Waals surface area contributed by atoms with Crippen molar-refractivity contribution in [3.05, 3.63) is 108 Å². The number of carbonyl (C=O) groups is 3. The summed E-state index contributed by atoms with van der Waals surface area (Å²) >= 11 is 6.12. The molecule has 346 valence electrons. The molecule has 11 atom stereocenters. The number of unbranched alkanes of at least 4 members (excludes halogenated alkanes) is 5. The van der Waals surface area contributed by atoms with Crippen molar-refractivity contribution in [2.45, 2.75) is 146 Å². The zero-order valence-corrected chi connectivity index (χ0v) is 36.8. The van der Waals surface area contributed by atoms with Crippen LogP contribution in [0.25, 0.3) is 0 Å². The predicted octanol–water partition coefficient (Wildman–Crippen LogP) is 5.91. The number of aliphatic hydroxyl groups is 2. The molecule has 2 heterocycles. The van der Waals surface area contributed by atoms with Gasteiger partial charge in [0.05, 0.1) is 26.9 Å². The second-order valence-electron chi connectivity index (χ2n) is 15.5. The molecule has 3 aromatic rings. The molecule has 3 aromatic carbocycles. The topological polar surface area (TPSA) is 184 Å². The van der Waals surface area contributed by atoms with Gasteiger partial charge in [0.25, 0.3) is 0 Å². The molecule has 2 saturated heterocycles. The van der Waals surface area contributed by atoms with Crippen molar-refractivity contribution in [2.24, 2.45) is 0 Å². The number of alkyl halides is 1. The van der Waals surface area contributed by atoms with Crippen molar-refractivity contribution < 1.29 is 72.0 Å². The average molecular weight is 901 g/mol. The number of ether oxygens (including phenoxy) is 10. The van der Waals surface area contributed by atoms with E-state index in [1.807, 2.05) is 91.0 Å². The highest BCUT2D eigenvalue weighted by molar-refractivity contribution is 6.19. The monoisotopic (exact) mass is 900 g/mol. The summed E-state index contributed by atoms with van der Waals surface area (Å²) < 4.78 is 61.8. The van der Waals surface area contributed by atoms with Gasteiger partial charge < -0.3 is 57.6 Å². The number of rotatable bonds is 25. The van der Waals surface area contributed by atoms with Gasteiger partial charge in [-0.2, -0.15) is 0 Å². The molecule has 0 aromatic heterocycles. The summed E-state index contributed by atoms with van der Waals surface area (Å²) in [6.07, 6.45) is -7.45. The Bertz CT molecular complexity index is 1770. The zero-order chi connectivity index (χ0) is 45.0. The summed E-state index contributed by atoms with van der Waals surface area (Å²) in [5.74, 6) is -1.54. The Morgan fingerprint density at radius 3 is 1.68 bits per heavy atom. The fourth-order valence-electron chi connectivity index (χ4n) is 7.40. The van der Waals surface area contributed by atoms with Crippen molar-refractivity contribution in [2.75, 3.05) is 20.3 Å². The van der Waals surface area contributed by atoms with Crippen LogP contribution < -0.4 is 0 Å². The number of benzene rings is 3. The van der Waals surface area contributed by atoms with Gasteiger partial charge in [-0.3, -0.25) is 14.4 Å². The number of carbonyl (C=O) groups excluding carboxylic acids is 3. The van der Waals surface area contributed by atoms with Crippen molar-refractivity contribution in [3.63, 3.8) is 0 Å². The van der Waals surface area contributed by atoms with Gasteiger partial charge >= 0.3 is 17.9 Å². The SMILES string of the molecule is COC(=O)CCCCCCCCO[C@H]1O[C@H](C(O)Cl)[C@@H](O)[C@H](OC(C)=O)[C@H]1O[C@H]1O[C@H](COC(C)=O)[C@@H](OCc2ccccc2)[C@H](OCc2ccccc2)[C@H]1OCc1ccccc1. The van der Waals surface area contributed by atoms with Crippen LogP contribution >= 0.6 is 11.6 Å². The molecule has 0 aliphatic carbocycles. The van der Waals surface area contributed by atoms with Crippen molar-refractivity contribution in [1.82, 2.24) is 0 Å². The molecular weight excluding hydrogens is 840 g/mol. The zero-order valence-electron chi connectivity index (χ0n) is 36.1. The molecule has 0 saturated carbocycles. The van der Waals surface area contributed by atoms with Crippen LogP contribution in [0.4, 0.5) is 0 Å². The van der Waals surface area contributed by atoms with Crippen LogP contribution in [0.2, 0.25) is 0 Å². The van der Waals surface area contributed by atoms with E-state index >= 15 is 0 Å². The molecular formula is C47H61ClO15. The Labute approximate surface area is 374 Å². The number of hydrogen-bond acceptors (Lipinski definition) is 15. The van der Waals surface area contributed by atoms with Crippen LogP contribution in [-0.2, 0) is 81.6 Å². The average Bonchev–Trinajstić information content (AvgIpc) is 3.28. The van der Waals surface area contributed by atoms with Crippen LogP contribution in [0.3, 0.4) is 0 Å². The largest absolute Gasteiger partial charge is 0.469 e. The van der Waals surface area contributed by atoms with Gasteiger partial charge in [0.1, 0.15) is 43.2 Å². The Balaban J connectivity index is 1.47.